The number of carboxylic acids is 1. The van der Waals surface area contributed by atoms with Gasteiger partial charge in [0.25, 0.3) is 0 Å². The molecular weight excluding hydrogens is 356 g/mol. The summed E-state index contributed by atoms with van der Waals surface area (Å²) >= 11 is 3.16. The van der Waals surface area contributed by atoms with Crippen molar-refractivity contribution in [2.75, 3.05) is 0 Å². The molecule has 1 aliphatic carbocycles. The van der Waals surface area contributed by atoms with Gasteiger partial charge in [0.05, 0.1) is 22.9 Å². The van der Waals surface area contributed by atoms with Gasteiger partial charge in [-0.15, -0.1) is 22.7 Å². The van der Waals surface area contributed by atoms with Gasteiger partial charge in [-0.25, -0.2) is 4.98 Å². The van der Waals surface area contributed by atoms with E-state index in [1.807, 2.05) is 22.9 Å². The molecular formula is C18H22N2O3S2. The molecule has 2 heterocycles. The smallest absolute Gasteiger partial charge is 0.308 e. The first-order valence-corrected chi connectivity index (χ1v) is 10.4. The summed E-state index contributed by atoms with van der Waals surface area (Å²) in [6.45, 7) is 0. The minimum atomic E-state index is -0.805. The highest BCUT2D eigenvalue weighted by atomic mass is 32.1. The number of nitrogens with one attached hydrogen (secondary N) is 1. The number of nitrogens with zero attached hydrogens (tertiary/aromatic N) is 1. The Morgan fingerprint density at radius 1 is 1.20 bits per heavy atom. The van der Waals surface area contributed by atoms with Crippen LogP contribution in [0, 0.1) is 5.92 Å². The zero-order chi connectivity index (χ0) is 17.6. The molecule has 2 atom stereocenters. The average molecular weight is 379 g/mol. The average Bonchev–Trinajstić information content (AvgIpc) is 3.20. The first kappa shape index (κ1) is 18.1. The Morgan fingerprint density at radius 2 is 2.00 bits per heavy atom. The molecule has 1 fully saturated rings. The minimum Gasteiger partial charge on any atom is -0.481 e. The number of aliphatic carboxylic acids is 1. The molecule has 2 N–H and O–H groups in total. The number of hydrogen-bond donors (Lipinski definition) is 2. The van der Waals surface area contributed by atoms with Crippen molar-refractivity contribution in [3.8, 4) is 9.88 Å². The van der Waals surface area contributed by atoms with Crippen molar-refractivity contribution >= 4 is 34.6 Å². The molecule has 7 heteroatoms. The Kier molecular flexibility index (Phi) is 6.20. The quantitative estimate of drug-likeness (QED) is 0.825. The highest BCUT2D eigenvalue weighted by Gasteiger charge is 2.29. The van der Waals surface area contributed by atoms with Crippen molar-refractivity contribution in [3.05, 3.63) is 28.6 Å². The molecule has 0 spiro atoms. The number of amides is 1. The van der Waals surface area contributed by atoms with Crippen LogP contribution >= 0.6 is 22.7 Å². The van der Waals surface area contributed by atoms with Crippen molar-refractivity contribution in [1.29, 1.82) is 0 Å². The van der Waals surface area contributed by atoms with Crippen LogP contribution in [0.2, 0.25) is 0 Å². The van der Waals surface area contributed by atoms with Crippen LogP contribution in [0.3, 0.4) is 0 Å². The Hall–Kier alpha value is -1.73. The van der Waals surface area contributed by atoms with E-state index in [2.05, 4.69) is 10.3 Å². The molecule has 134 valence electrons. The summed E-state index contributed by atoms with van der Waals surface area (Å²) in [5.74, 6) is -1.43. The number of hydrogen-bond acceptors (Lipinski definition) is 5. The molecule has 0 aliphatic heterocycles. The fourth-order valence-electron chi connectivity index (χ4n) is 3.28. The number of carboxylic acid groups (broad SMARTS) is 1. The van der Waals surface area contributed by atoms with E-state index in [0.29, 0.717) is 6.42 Å². The van der Waals surface area contributed by atoms with Crippen molar-refractivity contribution in [2.45, 2.75) is 51.0 Å². The number of carbonyl (C=O) groups excluding carboxylic acids is 1. The molecule has 0 bridgehead atoms. The van der Waals surface area contributed by atoms with Crippen LogP contribution in [-0.2, 0) is 16.0 Å². The fourth-order valence-corrected chi connectivity index (χ4v) is 4.91. The van der Waals surface area contributed by atoms with E-state index >= 15 is 0 Å². The SMILES string of the molecule is O=C(Cc1csc(-c2cccs2)n1)NC1CCCCCCC1C(=O)O. The summed E-state index contributed by atoms with van der Waals surface area (Å²) in [5.41, 5.74) is 0.739. The summed E-state index contributed by atoms with van der Waals surface area (Å²) in [4.78, 5) is 29.6. The normalized spacial score (nSPS) is 21.3. The summed E-state index contributed by atoms with van der Waals surface area (Å²) in [7, 11) is 0. The van der Waals surface area contributed by atoms with Gasteiger partial charge in [0.2, 0.25) is 5.91 Å². The number of rotatable bonds is 5. The molecule has 25 heavy (non-hydrogen) atoms. The molecule has 3 rings (SSSR count). The summed E-state index contributed by atoms with van der Waals surface area (Å²) in [6, 6.07) is 3.72. The molecule has 2 unspecified atom stereocenters. The molecule has 0 radical (unpaired) electrons. The summed E-state index contributed by atoms with van der Waals surface area (Å²) < 4.78 is 0. The Balaban J connectivity index is 1.61. The highest BCUT2D eigenvalue weighted by Crippen LogP contribution is 2.28. The first-order chi connectivity index (χ1) is 12.1. The van der Waals surface area contributed by atoms with Gasteiger partial charge in [-0.05, 0) is 24.3 Å². The second kappa shape index (κ2) is 8.58. The highest BCUT2D eigenvalue weighted by molar-refractivity contribution is 7.20. The number of aromatic nitrogens is 1. The van der Waals surface area contributed by atoms with Gasteiger partial charge in [-0.1, -0.05) is 31.7 Å². The molecule has 1 saturated carbocycles. The van der Waals surface area contributed by atoms with Gasteiger partial charge in [0.1, 0.15) is 5.01 Å². The molecule has 2 aromatic heterocycles. The molecule has 1 amide bonds. The maximum atomic E-state index is 12.4. The zero-order valence-electron chi connectivity index (χ0n) is 13.9. The monoisotopic (exact) mass is 378 g/mol. The van der Waals surface area contributed by atoms with Crippen LogP contribution < -0.4 is 5.32 Å². The first-order valence-electron chi connectivity index (χ1n) is 8.64. The standard InChI is InChI=1S/C18H22N2O3S2/c21-16(10-12-11-25-17(19-12)15-8-5-9-24-15)20-14-7-4-2-1-3-6-13(14)18(22)23/h5,8-9,11,13-14H,1-4,6-7,10H2,(H,20,21)(H,22,23). The molecule has 1 aliphatic rings. The van der Waals surface area contributed by atoms with E-state index in [9.17, 15) is 14.7 Å². The largest absolute Gasteiger partial charge is 0.481 e. The van der Waals surface area contributed by atoms with Crippen LogP contribution in [0.4, 0.5) is 0 Å². The van der Waals surface area contributed by atoms with Gasteiger partial charge >= 0.3 is 5.97 Å². The molecule has 5 nitrogen and oxygen atoms in total. The van der Waals surface area contributed by atoms with Crippen LogP contribution in [0.5, 0.6) is 0 Å². The van der Waals surface area contributed by atoms with Gasteiger partial charge in [0, 0.05) is 11.4 Å². The molecule has 2 aromatic rings. The van der Waals surface area contributed by atoms with Gasteiger partial charge in [-0.2, -0.15) is 0 Å². The van der Waals surface area contributed by atoms with E-state index in [1.165, 1.54) is 11.3 Å². The third-order valence-corrected chi connectivity index (χ3v) is 6.49. The lowest BCUT2D eigenvalue weighted by molar-refractivity contribution is -0.143. The zero-order valence-corrected chi connectivity index (χ0v) is 15.6. The third kappa shape index (κ3) is 4.89. The van der Waals surface area contributed by atoms with Crippen LogP contribution in [0.1, 0.15) is 44.2 Å². The number of thiophene rings is 1. The van der Waals surface area contributed by atoms with E-state index in [1.54, 1.807) is 11.3 Å². The molecule has 0 saturated heterocycles. The van der Waals surface area contributed by atoms with Crippen LogP contribution in [-0.4, -0.2) is 28.0 Å². The minimum absolute atomic E-state index is 0.139. The van der Waals surface area contributed by atoms with Gasteiger partial charge < -0.3 is 10.4 Å². The lowest BCUT2D eigenvalue weighted by atomic mass is 9.86. The predicted molar refractivity (Wildman–Crippen MR) is 99.9 cm³/mol. The van der Waals surface area contributed by atoms with E-state index in [-0.39, 0.29) is 18.4 Å². The second-order valence-electron chi connectivity index (χ2n) is 6.41. The fraction of sp³-hybridized carbons (Fsp3) is 0.500. The van der Waals surface area contributed by atoms with E-state index in [0.717, 1.165) is 47.7 Å². The molecule has 0 aromatic carbocycles. The topological polar surface area (TPSA) is 79.3 Å². The van der Waals surface area contributed by atoms with Crippen molar-refractivity contribution in [1.82, 2.24) is 10.3 Å². The van der Waals surface area contributed by atoms with Crippen molar-refractivity contribution in [3.63, 3.8) is 0 Å². The Labute approximate surface area is 155 Å². The van der Waals surface area contributed by atoms with Crippen LogP contribution in [0.25, 0.3) is 9.88 Å². The van der Waals surface area contributed by atoms with Gasteiger partial charge in [0.15, 0.2) is 0 Å². The van der Waals surface area contributed by atoms with Crippen LogP contribution in [0.15, 0.2) is 22.9 Å². The summed E-state index contributed by atoms with van der Waals surface area (Å²) in [6.07, 6.45) is 5.64. The van der Waals surface area contributed by atoms with Crippen molar-refractivity contribution in [2.24, 2.45) is 5.92 Å². The predicted octanol–water partition coefficient (Wildman–Crippen LogP) is 3.95. The van der Waals surface area contributed by atoms with E-state index < -0.39 is 11.9 Å². The van der Waals surface area contributed by atoms with E-state index in [4.69, 9.17) is 0 Å². The maximum Gasteiger partial charge on any atom is 0.308 e. The maximum absolute atomic E-state index is 12.4. The van der Waals surface area contributed by atoms with Gasteiger partial charge in [-0.3, -0.25) is 9.59 Å². The number of thiazole rings is 1. The van der Waals surface area contributed by atoms with Crippen molar-refractivity contribution < 1.29 is 14.7 Å². The third-order valence-electron chi connectivity index (χ3n) is 4.55. The Morgan fingerprint density at radius 3 is 2.72 bits per heavy atom. The lowest BCUT2D eigenvalue weighted by Gasteiger charge is -2.27. The summed E-state index contributed by atoms with van der Waals surface area (Å²) in [5, 5.41) is 17.3. The number of carbonyl (C=O) groups is 2. The Bertz CT molecular complexity index is 712. The second-order valence-corrected chi connectivity index (χ2v) is 8.21. The lowest BCUT2D eigenvalue weighted by Crippen LogP contribution is -2.44.